The highest BCUT2D eigenvalue weighted by Gasteiger charge is 2.17. The lowest BCUT2D eigenvalue weighted by atomic mass is 10.1. The summed E-state index contributed by atoms with van der Waals surface area (Å²) in [4.78, 5) is 25.0. The summed E-state index contributed by atoms with van der Waals surface area (Å²) in [5.74, 6) is -0.461. The summed E-state index contributed by atoms with van der Waals surface area (Å²) in [5, 5.41) is 0. The summed E-state index contributed by atoms with van der Waals surface area (Å²) >= 11 is 8.89. The molecule has 0 fully saturated rings. The Morgan fingerprint density at radius 3 is 2.59 bits per heavy atom. The van der Waals surface area contributed by atoms with Crippen LogP contribution in [0.5, 0.6) is 0 Å². The molecule has 1 atom stereocenters. The first kappa shape index (κ1) is 17.6. The van der Waals surface area contributed by atoms with Crippen molar-refractivity contribution in [3.63, 3.8) is 0 Å². The number of carbonyl (C=O) groups is 2. The third kappa shape index (κ3) is 9.22. The van der Waals surface area contributed by atoms with E-state index >= 15 is 0 Å². The van der Waals surface area contributed by atoms with Gasteiger partial charge in [-0.2, -0.15) is 0 Å². The molecule has 0 rings (SSSR count). The Labute approximate surface area is 133 Å². The van der Waals surface area contributed by atoms with Crippen LogP contribution in [0.2, 0.25) is 0 Å². The minimum absolute atomic E-state index is 0.154. The van der Waals surface area contributed by atoms with Gasteiger partial charge in [0.2, 0.25) is 5.91 Å². The summed E-state index contributed by atoms with van der Waals surface area (Å²) in [6, 6.07) is -0.385. The maximum atomic E-state index is 11.3. The van der Waals surface area contributed by atoms with Crippen LogP contribution in [0, 0.1) is 0 Å². The van der Waals surface area contributed by atoms with E-state index in [2.05, 4.69) is 11.9 Å². The van der Waals surface area contributed by atoms with Crippen LogP contribution in [-0.2, 0) is 14.3 Å². The van der Waals surface area contributed by atoms with Crippen LogP contribution in [0.4, 0.5) is 0 Å². The monoisotopic (exact) mass is 489 g/mol. The van der Waals surface area contributed by atoms with Crippen LogP contribution < -0.4 is 11.9 Å². The molecular formula is C8H14ClI2N3O3. The van der Waals surface area contributed by atoms with E-state index in [0.29, 0.717) is 26.0 Å². The lowest BCUT2D eigenvalue weighted by Crippen LogP contribution is -2.36. The highest BCUT2D eigenvalue weighted by Crippen LogP contribution is 2.02. The van der Waals surface area contributed by atoms with Crippen LogP contribution in [0.1, 0.15) is 19.3 Å². The maximum absolute atomic E-state index is 11.3. The van der Waals surface area contributed by atoms with Crippen molar-refractivity contribution in [3.8, 4) is 0 Å². The van der Waals surface area contributed by atoms with Crippen molar-refractivity contribution in [1.29, 1.82) is 0 Å². The Kier molecular flexibility index (Phi) is 12.1. The molecule has 0 bridgehead atoms. The quantitative estimate of drug-likeness (QED) is 0.197. The molecule has 0 unspecified atom stereocenters. The van der Waals surface area contributed by atoms with Crippen molar-refractivity contribution in [2.75, 3.05) is 13.2 Å². The number of ether oxygens (including phenoxy) is 1. The Balaban J connectivity index is 3.70. The number of carbonyl (C=O) groups excluding carboxylic acids is 2. The molecule has 0 radical (unpaired) electrons. The number of esters is 1. The molecule has 0 aromatic carbocycles. The smallest absolute Gasteiger partial charge is 0.305 e. The van der Waals surface area contributed by atoms with Gasteiger partial charge < -0.3 is 4.74 Å². The van der Waals surface area contributed by atoms with Gasteiger partial charge in [-0.05, 0) is 24.6 Å². The molecule has 0 aliphatic carbocycles. The van der Waals surface area contributed by atoms with Gasteiger partial charge in [0.25, 0.3) is 0 Å². The summed E-state index contributed by atoms with van der Waals surface area (Å²) in [7, 11) is 0. The molecule has 0 aliphatic rings. The molecule has 1 amide bonds. The molecule has 0 heterocycles. The molecule has 0 aromatic rings. The molecule has 0 aliphatic heterocycles. The SMILES string of the molecule is O=C(CC[C@H](NI)C(=O)NI)OCCCNCl. The zero-order valence-electron chi connectivity index (χ0n) is 8.97. The van der Waals surface area contributed by atoms with Gasteiger partial charge in [0, 0.05) is 35.8 Å². The number of hydrogen-bond acceptors (Lipinski definition) is 5. The van der Waals surface area contributed by atoms with Gasteiger partial charge in [-0.1, -0.05) is 0 Å². The number of nitrogens with one attached hydrogen (secondary N) is 3. The largest absolute Gasteiger partial charge is 0.466 e. The second-order valence-corrected chi connectivity index (χ2v) is 4.55. The third-order valence-electron chi connectivity index (χ3n) is 1.86. The fourth-order valence-corrected chi connectivity index (χ4v) is 2.06. The zero-order valence-corrected chi connectivity index (χ0v) is 14.0. The highest BCUT2D eigenvalue weighted by atomic mass is 127. The second-order valence-electron chi connectivity index (χ2n) is 3.12. The third-order valence-corrected chi connectivity index (χ3v) is 3.33. The van der Waals surface area contributed by atoms with Gasteiger partial charge in [-0.25, -0.2) is 8.37 Å². The maximum Gasteiger partial charge on any atom is 0.305 e. The summed E-state index contributed by atoms with van der Waals surface area (Å²) in [6.07, 6.45) is 1.28. The van der Waals surface area contributed by atoms with Crippen molar-refractivity contribution in [3.05, 3.63) is 0 Å². The number of hydrogen-bond donors (Lipinski definition) is 3. The minimum Gasteiger partial charge on any atom is -0.466 e. The first-order chi connectivity index (χ1) is 8.15. The van der Waals surface area contributed by atoms with Crippen LogP contribution in [0.3, 0.4) is 0 Å². The fourth-order valence-electron chi connectivity index (χ4n) is 0.960. The molecule has 100 valence electrons. The second kappa shape index (κ2) is 11.7. The summed E-state index contributed by atoms with van der Waals surface area (Å²) in [5.41, 5.74) is 0. The van der Waals surface area contributed by atoms with Gasteiger partial charge in [-0.3, -0.25) is 13.1 Å². The molecule has 0 saturated carbocycles. The molecule has 0 saturated heterocycles. The lowest BCUT2D eigenvalue weighted by molar-refractivity contribution is -0.143. The topological polar surface area (TPSA) is 79.5 Å². The van der Waals surface area contributed by atoms with E-state index in [0.717, 1.165) is 0 Å². The van der Waals surface area contributed by atoms with Crippen molar-refractivity contribution < 1.29 is 14.3 Å². The standard InChI is InChI=1S/C8H14ClI2N3O3/c9-12-4-1-5-17-7(15)3-2-6(13-10)8(16)14-11/h6,12-13H,1-5H2,(H,14,16)/t6-/m0/s1. The molecule has 6 nitrogen and oxygen atoms in total. The average molecular weight is 489 g/mol. The van der Waals surface area contributed by atoms with Gasteiger partial charge in [0.1, 0.15) is 0 Å². The van der Waals surface area contributed by atoms with E-state index in [9.17, 15) is 9.59 Å². The van der Waals surface area contributed by atoms with E-state index in [1.807, 2.05) is 22.9 Å². The van der Waals surface area contributed by atoms with Gasteiger partial charge >= 0.3 is 5.97 Å². The van der Waals surface area contributed by atoms with Gasteiger partial charge in [-0.15, -0.1) is 0 Å². The molecule has 3 N–H and O–H groups in total. The summed E-state index contributed by atoms with van der Waals surface area (Å²) in [6.45, 7) is 0.920. The first-order valence-corrected chi connectivity index (χ1v) is 7.45. The van der Waals surface area contributed by atoms with E-state index in [-0.39, 0.29) is 24.3 Å². The van der Waals surface area contributed by atoms with Crippen LogP contribution in [0.25, 0.3) is 0 Å². The van der Waals surface area contributed by atoms with Crippen molar-refractivity contribution in [1.82, 2.24) is 11.9 Å². The Hall–Kier alpha value is 0.610. The zero-order chi connectivity index (χ0) is 13.1. The average Bonchev–Trinajstić information content (AvgIpc) is 2.35. The number of halogens is 3. The molecule has 17 heavy (non-hydrogen) atoms. The Morgan fingerprint density at radius 2 is 2.06 bits per heavy atom. The van der Waals surface area contributed by atoms with Crippen molar-refractivity contribution in [2.45, 2.75) is 25.3 Å². The minimum atomic E-state index is -0.385. The van der Waals surface area contributed by atoms with E-state index in [1.54, 1.807) is 22.9 Å². The molecular weight excluding hydrogens is 475 g/mol. The highest BCUT2D eigenvalue weighted by molar-refractivity contribution is 14.1. The van der Waals surface area contributed by atoms with Crippen LogP contribution in [0.15, 0.2) is 0 Å². The van der Waals surface area contributed by atoms with Crippen LogP contribution in [-0.4, -0.2) is 31.1 Å². The molecule has 9 heteroatoms. The van der Waals surface area contributed by atoms with E-state index in [4.69, 9.17) is 16.5 Å². The number of amides is 1. The van der Waals surface area contributed by atoms with E-state index in [1.165, 1.54) is 0 Å². The molecule has 0 spiro atoms. The summed E-state index contributed by atoms with van der Waals surface area (Å²) < 4.78 is 10.2. The van der Waals surface area contributed by atoms with Gasteiger partial charge in [0.05, 0.1) is 35.5 Å². The van der Waals surface area contributed by atoms with Crippen molar-refractivity contribution >= 4 is 69.4 Å². The Bertz CT molecular complexity index is 246. The number of rotatable bonds is 9. The van der Waals surface area contributed by atoms with E-state index < -0.39 is 0 Å². The van der Waals surface area contributed by atoms with Crippen molar-refractivity contribution in [2.24, 2.45) is 0 Å². The molecule has 0 aromatic heterocycles. The lowest BCUT2D eigenvalue weighted by Gasteiger charge is -2.11. The Morgan fingerprint density at radius 1 is 1.35 bits per heavy atom. The normalized spacial score (nSPS) is 11.9. The van der Waals surface area contributed by atoms with Crippen LogP contribution >= 0.6 is 57.5 Å². The predicted molar refractivity (Wildman–Crippen MR) is 81.8 cm³/mol. The van der Waals surface area contributed by atoms with Gasteiger partial charge in [0.15, 0.2) is 0 Å². The fraction of sp³-hybridized carbons (Fsp3) is 0.750. The predicted octanol–water partition coefficient (Wildman–Crippen LogP) is 1.22. The first-order valence-electron chi connectivity index (χ1n) is 4.91.